The zero-order valence-corrected chi connectivity index (χ0v) is 10.6. The first-order valence-corrected chi connectivity index (χ1v) is 5.54. The van der Waals surface area contributed by atoms with Gasteiger partial charge < -0.3 is 0 Å². The Morgan fingerprint density at radius 3 is 2.91 bits per heavy atom. The van der Waals surface area contributed by atoms with Crippen molar-refractivity contribution in [2.45, 2.75) is 0 Å². The lowest BCUT2D eigenvalue weighted by molar-refractivity contribution is 0.946. The van der Waals surface area contributed by atoms with Gasteiger partial charge in [-0.3, -0.25) is 0 Å². The number of aromatic nitrogens is 3. The molecule has 0 saturated carbocycles. The number of hydrogen-bond donors (Lipinski definition) is 0. The Morgan fingerprint density at radius 2 is 2.09 bits per heavy atom. The largest absolute Gasteiger partial charge is 0.267 e. The van der Waals surface area contributed by atoms with Crippen LogP contribution in [0.4, 0.5) is 0 Å². The Balaban J connectivity index is 2.86. The summed E-state index contributed by atoms with van der Waals surface area (Å²) in [5.41, 5.74) is 1.02. The Labute approximate surface area is 80.3 Å². The minimum absolute atomic E-state index is 1.02. The SMILES string of the molecule is [AlH2][c]1cnc2[c]([AlH2])cnn2c1. The third-order valence-corrected chi connectivity index (χ3v) is 2.88. The summed E-state index contributed by atoms with van der Waals surface area (Å²) in [5.74, 6) is 0. The highest BCUT2D eigenvalue weighted by Gasteiger charge is 1.97. The van der Waals surface area contributed by atoms with Gasteiger partial charge in [0.15, 0.2) is 0 Å². The average molecular weight is 175 g/mol. The normalized spacial score (nSPS) is 10.5. The fourth-order valence-corrected chi connectivity index (χ4v) is 1.93. The molecule has 0 aromatic carbocycles. The van der Waals surface area contributed by atoms with Crippen LogP contribution in [0.2, 0.25) is 0 Å². The molecule has 0 saturated heterocycles. The van der Waals surface area contributed by atoms with Crippen LogP contribution in [0.15, 0.2) is 18.6 Å². The maximum absolute atomic E-state index is 4.31. The molecule has 0 unspecified atom stereocenters. The van der Waals surface area contributed by atoms with Gasteiger partial charge in [0.25, 0.3) is 32.6 Å². The molecule has 0 atom stereocenters. The molecule has 2 aromatic heterocycles. The summed E-state index contributed by atoms with van der Waals surface area (Å²) in [4.78, 5) is 4.31. The Hall–Kier alpha value is -0.315. The fraction of sp³-hybridized carbons (Fsp3) is 0. The molecule has 0 spiro atoms. The van der Waals surface area contributed by atoms with Gasteiger partial charge in [-0.1, -0.05) is 8.85 Å². The van der Waals surface area contributed by atoms with Gasteiger partial charge in [0.05, 0.1) is 0 Å². The van der Waals surface area contributed by atoms with Crippen LogP contribution < -0.4 is 8.85 Å². The van der Waals surface area contributed by atoms with E-state index in [4.69, 9.17) is 0 Å². The van der Waals surface area contributed by atoms with Crippen LogP contribution in [-0.2, 0) is 0 Å². The van der Waals surface area contributed by atoms with Crippen molar-refractivity contribution < 1.29 is 0 Å². The molecule has 0 N–H and O–H groups in total. The van der Waals surface area contributed by atoms with E-state index in [0.29, 0.717) is 0 Å². The van der Waals surface area contributed by atoms with Crippen LogP contribution in [0, 0.1) is 0 Å². The third-order valence-electron chi connectivity index (χ3n) is 1.66. The van der Waals surface area contributed by atoms with Crippen LogP contribution in [0.3, 0.4) is 0 Å². The smallest absolute Gasteiger partial charge is 0.240 e. The van der Waals surface area contributed by atoms with E-state index in [1.807, 2.05) is 16.9 Å². The van der Waals surface area contributed by atoms with Gasteiger partial charge in [0.2, 0.25) is 0 Å². The van der Waals surface area contributed by atoms with Crippen LogP contribution >= 0.6 is 0 Å². The van der Waals surface area contributed by atoms with Crippen molar-refractivity contribution in [3.63, 3.8) is 0 Å². The predicted octanol–water partition coefficient (Wildman–Crippen LogP) is -2.75. The highest BCUT2D eigenvalue weighted by molar-refractivity contribution is 6.36. The Morgan fingerprint density at radius 1 is 1.27 bits per heavy atom. The Kier molecular flexibility index (Phi) is 1.75. The maximum Gasteiger partial charge on any atom is 0.267 e. The second kappa shape index (κ2) is 2.62. The van der Waals surface area contributed by atoms with Gasteiger partial charge in [-0.2, -0.15) is 5.10 Å². The minimum atomic E-state index is 1.02. The fourth-order valence-electron chi connectivity index (χ4n) is 1.09. The van der Waals surface area contributed by atoms with Crippen molar-refractivity contribution in [3.8, 4) is 0 Å². The second-order valence-corrected chi connectivity index (χ2v) is 4.96. The maximum atomic E-state index is 4.31. The van der Waals surface area contributed by atoms with Crippen LogP contribution in [-0.4, -0.2) is 47.2 Å². The molecule has 2 rings (SSSR count). The molecule has 2 heterocycles. The molecule has 0 radical (unpaired) electrons. The molecular formula is C6H7Al2N3. The van der Waals surface area contributed by atoms with Crippen molar-refractivity contribution in [1.29, 1.82) is 0 Å². The summed E-state index contributed by atoms with van der Waals surface area (Å²) in [6.45, 7) is 0. The molecule has 0 aliphatic heterocycles. The average Bonchev–Trinajstić information content (AvgIpc) is 2.32. The molecular weight excluding hydrogens is 168 g/mol. The summed E-state index contributed by atoms with van der Waals surface area (Å²) in [5, 5.41) is 4.19. The second-order valence-electron chi connectivity index (χ2n) is 2.73. The summed E-state index contributed by atoms with van der Waals surface area (Å²) in [7, 11) is 0. The Bertz CT molecular complexity index is 396. The van der Waals surface area contributed by atoms with E-state index in [1.54, 1.807) is 0 Å². The highest BCUT2D eigenvalue weighted by atomic mass is 27.1. The molecule has 5 heteroatoms. The van der Waals surface area contributed by atoms with E-state index in [9.17, 15) is 0 Å². The van der Waals surface area contributed by atoms with Gasteiger partial charge >= 0.3 is 0 Å². The first-order chi connectivity index (χ1) is 5.27. The van der Waals surface area contributed by atoms with Gasteiger partial charge in [-0.05, 0) is 0 Å². The van der Waals surface area contributed by atoms with Gasteiger partial charge in [-0.25, -0.2) is 9.50 Å². The lowest BCUT2D eigenvalue weighted by Crippen LogP contribution is -2.10. The summed E-state index contributed by atoms with van der Waals surface area (Å²) in [6.07, 6.45) is 5.89. The van der Waals surface area contributed by atoms with Gasteiger partial charge in [-0.15, -0.1) is 0 Å². The first kappa shape index (κ1) is 7.34. The number of rotatable bonds is 0. The van der Waals surface area contributed by atoms with Crippen molar-refractivity contribution in [3.05, 3.63) is 18.6 Å². The van der Waals surface area contributed by atoms with Crippen molar-refractivity contribution in [1.82, 2.24) is 14.6 Å². The summed E-state index contributed by atoms with van der Waals surface area (Å²) >= 11 is 2.06. The molecule has 0 aliphatic rings. The van der Waals surface area contributed by atoms with E-state index >= 15 is 0 Å². The lowest BCUT2D eigenvalue weighted by Gasteiger charge is -1.94. The molecule has 0 bridgehead atoms. The first-order valence-electron chi connectivity index (χ1n) is 3.54. The zero-order chi connectivity index (χ0) is 7.84. The molecule has 0 amide bonds. The third kappa shape index (κ3) is 1.22. The quantitative estimate of drug-likeness (QED) is 0.406. The van der Waals surface area contributed by atoms with E-state index in [-0.39, 0.29) is 0 Å². The van der Waals surface area contributed by atoms with Crippen LogP contribution in [0.1, 0.15) is 0 Å². The van der Waals surface area contributed by atoms with Gasteiger partial charge in [0, 0.05) is 18.6 Å². The standard InChI is InChI=1S/C6H3N3.2Al.4H/c1-3-7-6-2-4-8-9(6)5-1;;;;;;/h3-5H;;;;;;. The monoisotopic (exact) mass is 175 g/mol. The van der Waals surface area contributed by atoms with Crippen molar-refractivity contribution in [2.24, 2.45) is 0 Å². The summed E-state index contributed by atoms with van der Waals surface area (Å²) < 4.78 is 4.42. The van der Waals surface area contributed by atoms with Gasteiger partial charge in [0.1, 0.15) is 5.65 Å². The minimum Gasteiger partial charge on any atom is -0.240 e. The molecule has 52 valence electrons. The molecule has 11 heavy (non-hydrogen) atoms. The lowest BCUT2D eigenvalue weighted by atomic mass is 10.6. The van der Waals surface area contributed by atoms with E-state index < -0.39 is 0 Å². The molecule has 3 nitrogen and oxygen atoms in total. The topological polar surface area (TPSA) is 30.2 Å². The molecule has 0 fully saturated rings. The molecule has 0 aliphatic carbocycles. The van der Waals surface area contributed by atoms with E-state index in [0.717, 1.165) is 38.2 Å². The molecule has 2 aromatic rings. The van der Waals surface area contributed by atoms with E-state index in [2.05, 4.69) is 16.3 Å². The van der Waals surface area contributed by atoms with Crippen LogP contribution in [0.5, 0.6) is 0 Å². The van der Waals surface area contributed by atoms with Crippen molar-refractivity contribution >= 4 is 47.1 Å². The number of fused-ring (bicyclic) bond motifs is 1. The predicted molar refractivity (Wildman–Crippen MR) is 49.3 cm³/mol. The summed E-state index contributed by atoms with van der Waals surface area (Å²) in [6, 6.07) is 0. The number of hydrogen-bond acceptors (Lipinski definition) is 2. The highest BCUT2D eigenvalue weighted by Crippen LogP contribution is 1.88. The van der Waals surface area contributed by atoms with E-state index in [1.165, 1.54) is 8.85 Å². The number of nitrogens with zero attached hydrogens (tertiary/aromatic N) is 3. The van der Waals surface area contributed by atoms with Crippen LogP contribution in [0.25, 0.3) is 5.65 Å². The van der Waals surface area contributed by atoms with Crippen molar-refractivity contribution in [2.75, 3.05) is 0 Å². The zero-order valence-electron chi connectivity index (χ0n) is 6.57.